The van der Waals surface area contributed by atoms with E-state index in [9.17, 15) is 4.79 Å². The zero-order valence-corrected chi connectivity index (χ0v) is 10.7. The summed E-state index contributed by atoms with van der Waals surface area (Å²) in [5.74, 6) is 0.0860. The molecule has 0 aliphatic carbocycles. The van der Waals surface area contributed by atoms with E-state index >= 15 is 0 Å². The molecular weight excluding hydrogens is 234 g/mol. The Morgan fingerprint density at radius 1 is 1.33 bits per heavy atom. The molecule has 0 bridgehead atoms. The first-order valence-electron chi connectivity index (χ1n) is 5.90. The number of aromatic nitrogens is 2. The zero-order chi connectivity index (χ0) is 13.3. The number of carbonyl (C=O) groups is 1. The molecule has 18 heavy (non-hydrogen) atoms. The molecule has 2 atom stereocenters. The highest BCUT2D eigenvalue weighted by Gasteiger charge is 2.28. The fourth-order valence-corrected chi connectivity index (χ4v) is 1.76. The lowest BCUT2D eigenvalue weighted by molar-refractivity contribution is 0.0520. The number of hydrogen-bond acceptors (Lipinski definition) is 7. The van der Waals surface area contributed by atoms with Crippen molar-refractivity contribution in [2.75, 3.05) is 23.0 Å². The van der Waals surface area contributed by atoms with Gasteiger partial charge in [-0.3, -0.25) is 0 Å². The molecular formula is C11H17N5O2. The maximum Gasteiger partial charge on any atom is 0.359 e. The van der Waals surface area contributed by atoms with Crippen LogP contribution in [0.25, 0.3) is 0 Å². The van der Waals surface area contributed by atoms with Gasteiger partial charge in [-0.25, -0.2) is 9.78 Å². The first kappa shape index (κ1) is 12.4. The topological polar surface area (TPSA) is 102 Å². The van der Waals surface area contributed by atoms with Gasteiger partial charge in [-0.1, -0.05) is 0 Å². The van der Waals surface area contributed by atoms with Crippen LogP contribution in [0.1, 0.15) is 31.3 Å². The molecule has 0 saturated carbocycles. The van der Waals surface area contributed by atoms with Gasteiger partial charge in [0.05, 0.1) is 6.61 Å². The van der Waals surface area contributed by atoms with Gasteiger partial charge in [0.2, 0.25) is 5.95 Å². The van der Waals surface area contributed by atoms with Crippen molar-refractivity contribution in [2.45, 2.75) is 32.9 Å². The average molecular weight is 251 g/mol. The van der Waals surface area contributed by atoms with Crippen LogP contribution in [-0.4, -0.2) is 34.6 Å². The quantitative estimate of drug-likeness (QED) is 0.669. The van der Waals surface area contributed by atoms with Crippen molar-refractivity contribution in [1.29, 1.82) is 0 Å². The van der Waals surface area contributed by atoms with Crippen LogP contribution in [0.2, 0.25) is 0 Å². The molecule has 1 aliphatic rings. The van der Waals surface area contributed by atoms with Gasteiger partial charge in [0, 0.05) is 12.1 Å². The highest BCUT2D eigenvalue weighted by molar-refractivity contribution is 5.97. The largest absolute Gasteiger partial charge is 0.461 e. The van der Waals surface area contributed by atoms with Crippen LogP contribution >= 0.6 is 0 Å². The molecule has 0 amide bonds. The molecule has 0 spiro atoms. The fraction of sp³-hybridized carbons (Fsp3) is 0.545. The number of nitrogens with two attached hydrogens (primary N) is 1. The highest BCUT2D eigenvalue weighted by Crippen LogP contribution is 2.30. The number of nitrogens with zero attached hydrogens (tertiary/aromatic N) is 2. The molecule has 0 aromatic carbocycles. The first-order valence-corrected chi connectivity index (χ1v) is 5.90. The highest BCUT2D eigenvalue weighted by atomic mass is 16.5. The smallest absolute Gasteiger partial charge is 0.359 e. The Hall–Kier alpha value is -2.05. The lowest BCUT2D eigenvalue weighted by atomic mass is 10.1. The minimum atomic E-state index is -0.501. The molecule has 0 radical (unpaired) electrons. The fourth-order valence-electron chi connectivity index (χ4n) is 1.76. The van der Waals surface area contributed by atoms with E-state index in [1.165, 1.54) is 0 Å². The zero-order valence-electron chi connectivity index (χ0n) is 10.7. The molecule has 7 nitrogen and oxygen atoms in total. The minimum Gasteiger partial charge on any atom is -0.461 e. The average Bonchev–Trinajstić information content (AvgIpc) is 2.30. The Morgan fingerprint density at radius 2 is 2.00 bits per heavy atom. The molecule has 98 valence electrons. The number of hydrogen-bond donors (Lipinski definition) is 3. The molecule has 0 unspecified atom stereocenters. The Balaban J connectivity index is 2.45. The molecule has 4 N–H and O–H groups in total. The maximum absolute atomic E-state index is 11.8. The number of fused-ring (bicyclic) bond motifs is 1. The summed E-state index contributed by atoms with van der Waals surface area (Å²) in [6.45, 7) is 6.05. The molecule has 2 heterocycles. The van der Waals surface area contributed by atoms with Crippen LogP contribution in [0.15, 0.2) is 0 Å². The first-order chi connectivity index (χ1) is 8.52. The van der Waals surface area contributed by atoms with E-state index in [2.05, 4.69) is 20.6 Å². The van der Waals surface area contributed by atoms with Crippen LogP contribution < -0.4 is 16.4 Å². The summed E-state index contributed by atoms with van der Waals surface area (Å²) >= 11 is 0. The summed E-state index contributed by atoms with van der Waals surface area (Å²) in [4.78, 5) is 19.9. The number of ether oxygens (including phenoxy) is 1. The molecule has 0 saturated heterocycles. The Labute approximate surface area is 105 Å². The second-order valence-corrected chi connectivity index (χ2v) is 4.24. The number of esters is 1. The van der Waals surface area contributed by atoms with Crippen molar-refractivity contribution in [3.63, 3.8) is 0 Å². The number of carbonyl (C=O) groups excluding carboxylic acids is 1. The van der Waals surface area contributed by atoms with Crippen molar-refractivity contribution < 1.29 is 9.53 Å². The minimum absolute atomic E-state index is 0.0489. The van der Waals surface area contributed by atoms with Gasteiger partial charge in [0.25, 0.3) is 0 Å². The normalized spacial score (nSPS) is 21.5. The summed E-state index contributed by atoms with van der Waals surface area (Å²) in [5, 5.41) is 6.39. The monoisotopic (exact) mass is 251 g/mol. The van der Waals surface area contributed by atoms with E-state index in [1.54, 1.807) is 6.92 Å². The van der Waals surface area contributed by atoms with Gasteiger partial charge in [0.1, 0.15) is 5.69 Å². The van der Waals surface area contributed by atoms with Crippen LogP contribution in [0, 0.1) is 0 Å². The van der Waals surface area contributed by atoms with Gasteiger partial charge in [0.15, 0.2) is 11.5 Å². The summed E-state index contributed by atoms with van der Waals surface area (Å²) in [7, 11) is 0. The van der Waals surface area contributed by atoms with Crippen molar-refractivity contribution in [1.82, 2.24) is 9.97 Å². The van der Waals surface area contributed by atoms with Crippen LogP contribution in [0.3, 0.4) is 0 Å². The van der Waals surface area contributed by atoms with Gasteiger partial charge in [-0.05, 0) is 20.8 Å². The maximum atomic E-state index is 11.8. The third kappa shape index (κ3) is 2.15. The standard InChI is InChI=1S/C11H17N5O2/c1-4-18-10(17)8-7-9(16-11(12)15-8)14-6(3)5(2)13-7/h5-6,13H,4H2,1-3H3,(H3,12,14,15,16)/t5-,6-/m0/s1. The third-order valence-corrected chi connectivity index (χ3v) is 2.88. The molecule has 2 rings (SSSR count). The summed E-state index contributed by atoms with van der Waals surface area (Å²) in [6.07, 6.45) is 0. The molecule has 1 aromatic heterocycles. The Bertz CT molecular complexity index is 477. The molecule has 0 fully saturated rings. The van der Waals surface area contributed by atoms with E-state index in [0.717, 1.165) is 0 Å². The predicted molar refractivity (Wildman–Crippen MR) is 68.6 cm³/mol. The van der Waals surface area contributed by atoms with Crippen molar-refractivity contribution in [3.8, 4) is 0 Å². The van der Waals surface area contributed by atoms with Gasteiger partial charge in [-0.15, -0.1) is 0 Å². The van der Waals surface area contributed by atoms with Gasteiger partial charge < -0.3 is 21.1 Å². The van der Waals surface area contributed by atoms with Gasteiger partial charge in [-0.2, -0.15) is 4.98 Å². The molecule has 7 heteroatoms. The SMILES string of the molecule is CCOC(=O)c1nc(N)nc2c1N[C@@H](C)[C@H](C)N2. The Morgan fingerprint density at radius 3 is 2.67 bits per heavy atom. The number of anilines is 3. The lowest BCUT2D eigenvalue weighted by Gasteiger charge is -2.31. The second kappa shape index (κ2) is 4.67. The Kier molecular flexibility index (Phi) is 3.22. The summed E-state index contributed by atoms with van der Waals surface area (Å²) < 4.78 is 4.96. The van der Waals surface area contributed by atoms with E-state index in [-0.39, 0.29) is 30.3 Å². The van der Waals surface area contributed by atoms with Crippen LogP contribution in [-0.2, 0) is 4.74 Å². The van der Waals surface area contributed by atoms with Crippen LogP contribution in [0.4, 0.5) is 17.5 Å². The number of nitrogens with one attached hydrogen (secondary N) is 2. The lowest BCUT2D eigenvalue weighted by Crippen LogP contribution is -2.40. The van der Waals surface area contributed by atoms with Gasteiger partial charge >= 0.3 is 5.97 Å². The van der Waals surface area contributed by atoms with E-state index < -0.39 is 5.97 Å². The van der Waals surface area contributed by atoms with E-state index in [4.69, 9.17) is 10.5 Å². The predicted octanol–water partition coefficient (Wildman–Crippen LogP) is 0.850. The summed E-state index contributed by atoms with van der Waals surface area (Å²) in [6, 6.07) is 0.333. The summed E-state index contributed by atoms with van der Waals surface area (Å²) in [5.41, 5.74) is 6.32. The number of rotatable bonds is 2. The van der Waals surface area contributed by atoms with Crippen molar-refractivity contribution >= 4 is 23.4 Å². The van der Waals surface area contributed by atoms with Crippen molar-refractivity contribution in [2.24, 2.45) is 0 Å². The third-order valence-electron chi connectivity index (χ3n) is 2.88. The van der Waals surface area contributed by atoms with Crippen molar-refractivity contribution in [3.05, 3.63) is 5.69 Å². The molecule has 1 aliphatic heterocycles. The van der Waals surface area contributed by atoms with Crippen LogP contribution in [0.5, 0.6) is 0 Å². The number of nitrogen functional groups attached to an aromatic ring is 1. The van der Waals surface area contributed by atoms with E-state index in [0.29, 0.717) is 11.5 Å². The molecule has 1 aromatic rings. The second-order valence-electron chi connectivity index (χ2n) is 4.24. The van der Waals surface area contributed by atoms with E-state index in [1.807, 2.05) is 13.8 Å².